The van der Waals surface area contributed by atoms with Gasteiger partial charge in [-0.1, -0.05) is 36.8 Å². The fraction of sp³-hybridized carbons (Fsp3) is 0.261. The summed E-state index contributed by atoms with van der Waals surface area (Å²) in [5, 5.41) is 4.88. The Morgan fingerprint density at radius 2 is 1.60 bits per heavy atom. The predicted octanol–water partition coefficient (Wildman–Crippen LogP) is 4.03. The first-order chi connectivity index (χ1) is 14.5. The maximum atomic E-state index is 12.7. The van der Waals surface area contributed by atoms with E-state index in [-0.39, 0.29) is 17.4 Å². The number of nitrogens with zero attached hydrogens (tertiary/aromatic N) is 1. The van der Waals surface area contributed by atoms with Crippen LogP contribution >= 0.6 is 0 Å². The van der Waals surface area contributed by atoms with E-state index >= 15 is 0 Å². The van der Waals surface area contributed by atoms with Gasteiger partial charge in [0.1, 0.15) is 5.75 Å². The molecule has 0 aliphatic carbocycles. The Hall–Kier alpha value is -2.90. The SMILES string of the molecule is O=C(COc1ccc2ccccc2c1)Nc1ccc(S(=O)(=O)N2CCCCC2)cc1. The molecule has 0 bridgehead atoms. The number of piperidine rings is 1. The van der Waals surface area contributed by atoms with Crippen molar-refractivity contribution in [3.05, 3.63) is 66.7 Å². The lowest BCUT2D eigenvalue weighted by Gasteiger charge is -2.25. The number of carbonyl (C=O) groups excluding carboxylic acids is 1. The van der Waals surface area contributed by atoms with Gasteiger partial charge in [-0.15, -0.1) is 0 Å². The summed E-state index contributed by atoms with van der Waals surface area (Å²) < 4.78 is 32.5. The third-order valence-corrected chi connectivity index (χ3v) is 7.09. The number of nitrogens with one attached hydrogen (secondary N) is 1. The summed E-state index contributed by atoms with van der Waals surface area (Å²) in [7, 11) is -3.48. The Bertz CT molecular complexity index is 1140. The van der Waals surface area contributed by atoms with Gasteiger partial charge in [0.2, 0.25) is 10.0 Å². The average Bonchev–Trinajstić information content (AvgIpc) is 2.78. The van der Waals surface area contributed by atoms with Gasteiger partial charge in [0.25, 0.3) is 5.91 Å². The lowest BCUT2D eigenvalue weighted by molar-refractivity contribution is -0.118. The van der Waals surface area contributed by atoms with Gasteiger partial charge in [-0.05, 0) is 60.0 Å². The zero-order chi connectivity index (χ0) is 21.0. The molecule has 1 N–H and O–H groups in total. The summed E-state index contributed by atoms with van der Waals surface area (Å²) in [5.74, 6) is 0.307. The maximum absolute atomic E-state index is 12.7. The number of hydrogen-bond acceptors (Lipinski definition) is 4. The smallest absolute Gasteiger partial charge is 0.262 e. The molecule has 1 saturated heterocycles. The molecule has 0 aromatic heterocycles. The van der Waals surface area contributed by atoms with Gasteiger partial charge in [-0.25, -0.2) is 8.42 Å². The van der Waals surface area contributed by atoms with Gasteiger partial charge < -0.3 is 10.1 Å². The summed E-state index contributed by atoms with van der Waals surface area (Å²) in [4.78, 5) is 12.5. The van der Waals surface area contributed by atoms with Gasteiger partial charge in [0, 0.05) is 18.8 Å². The van der Waals surface area contributed by atoms with Crippen LogP contribution in [0.15, 0.2) is 71.6 Å². The second-order valence-electron chi connectivity index (χ2n) is 7.33. The zero-order valence-electron chi connectivity index (χ0n) is 16.6. The van der Waals surface area contributed by atoms with Crippen LogP contribution in [0.5, 0.6) is 5.75 Å². The predicted molar refractivity (Wildman–Crippen MR) is 117 cm³/mol. The van der Waals surface area contributed by atoms with Crippen LogP contribution < -0.4 is 10.1 Å². The summed E-state index contributed by atoms with van der Waals surface area (Å²) >= 11 is 0. The minimum atomic E-state index is -3.48. The largest absolute Gasteiger partial charge is 0.484 e. The van der Waals surface area contributed by atoms with Crippen molar-refractivity contribution in [1.82, 2.24) is 4.31 Å². The first-order valence-corrected chi connectivity index (χ1v) is 11.5. The topological polar surface area (TPSA) is 75.7 Å². The lowest BCUT2D eigenvalue weighted by Crippen LogP contribution is -2.35. The Morgan fingerprint density at radius 3 is 2.33 bits per heavy atom. The van der Waals surface area contributed by atoms with E-state index in [0.717, 1.165) is 30.0 Å². The van der Waals surface area contributed by atoms with Gasteiger partial charge >= 0.3 is 0 Å². The van der Waals surface area contributed by atoms with Crippen LogP contribution in [0.25, 0.3) is 10.8 Å². The quantitative estimate of drug-likeness (QED) is 0.648. The van der Waals surface area contributed by atoms with Crippen LogP contribution in [0.3, 0.4) is 0 Å². The van der Waals surface area contributed by atoms with Crippen molar-refractivity contribution in [2.24, 2.45) is 0 Å². The van der Waals surface area contributed by atoms with Crippen molar-refractivity contribution >= 4 is 32.4 Å². The second kappa shape index (κ2) is 8.85. The first kappa shape index (κ1) is 20.4. The van der Waals surface area contributed by atoms with Crippen LogP contribution in [0.1, 0.15) is 19.3 Å². The minimum Gasteiger partial charge on any atom is -0.484 e. The highest BCUT2D eigenvalue weighted by atomic mass is 32.2. The molecule has 30 heavy (non-hydrogen) atoms. The number of ether oxygens (including phenoxy) is 1. The molecule has 1 fully saturated rings. The molecular weight excluding hydrogens is 400 g/mol. The Balaban J connectivity index is 1.35. The van der Waals surface area contributed by atoms with Gasteiger partial charge in [0.05, 0.1) is 4.90 Å². The van der Waals surface area contributed by atoms with Crippen LogP contribution in [-0.2, 0) is 14.8 Å². The van der Waals surface area contributed by atoms with Crippen LogP contribution in [-0.4, -0.2) is 38.3 Å². The van der Waals surface area contributed by atoms with E-state index in [2.05, 4.69) is 5.32 Å². The Labute approximate surface area is 176 Å². The molecule has 3 aromatic carbocycles. The molecule has 0 saturated carbocycles. The molecule has 1 heterocycles. The molecule has 0 unspecified atom stereocenters. The number of hydrogen-bond donors (Lipinski definition) is 1. The van der Waals surface area contributed by atoms with E-state index in [1.54, 1.807) is 12.1 Å². The molecule has 1 aliphatic rings. The number of carbonyl (C=O) groups is 1. The van der Waals surface area contributed by atoms with Crippen LogP contribution in [0, 0.1) is 0 Å². The lowest BCUT2D eigenvalue weighted by atomic mass is 10.1. The fourth-order valence-electron chi connectivity index (χ4n) is 3.57. The Morgan fingerprint density at radius 1 is 0.900 bits per heavy atom. The van der Waals surface area contributed by atoms with Crippen molar-refractivity contribution in [2.75, 3.05) is 25.0 Å². The summed E-state index contributed by atoms with van der Waals surface area (Å²) in [6.45, 7) is 0.992. The highest BCUT2D eigenvalue weighted by Crippen LogP contribution is 2.23. The normalized spacial score (nSPS) is 15.1. The second-order valence-corrected chi connectivity index (χ2v) is 9.27. The fourth-order valence-corrected chi connectivity index (χ4v) is 5.08. The van der Waals surface area contributed by atoms with Crippen molar-refractivity contribution in [2.45, 2.75) is 24.2 Å². The van der Waals surface area contributed by atoms with Crippen molar-refractivity contribution in [1.29, 1.82) is 0 Å². The van der Waals surface area contributed by atoms with Gasteiger partial charge in [-0.3, -0.25) is 4.79 Å². The standard InChI is InChI=1S/C23H24N2O4S/c26-23(17-29-21-11-8-18-6-2-3-7-19(18)16-21)24-20-9-12-22(13-10-20)30(27,28)25-14-4-1-5-15-25/h2-3,6-13,16H,1,4-5,14-15,17H2,(H,24,26). The molecule has 7 heteroatoms. The summed E-state index contributed by atoms with van der Waals surface area (Å²) in [6.07, 6.45) is 2.85. The van der Waals surface area contributed by atoms with Crippen LogP contribution in [0.4, 0.5) is 5.69 Å². The molecule has 4 rings (SSSR count). The molecule has 1 amide bonds. The zero-order valence-corrected chi connectivity index (χ0v) is 17.4. The monoisotopic (exact) mass is 424 g/mol. The minimum absolute atomic E-state index is 0.133. The molecule has 0 radical (unpaired) electrons. The van der Waals surface area contributed by atoms with E-state index in [0.29, 0.717) is 24.5 Å². The first-order valence-electron chi connectivity index (χ1n) is 10.0. The summed E-state index contributed by atoms with van der Waals surface area (Å²) in [5.41, 5.74) is 0.528. The molecule has 156 valence electrons. The van der Waals surface area contributed by atoms with Gasteiger partial charge in [-0.2, -0.15) is 4.31 Å². The Kier molecular flexibility index (Phi) is 6.01. The highest BCUT2D eigenvalue weighted by Gasteiger charge is 2.25. The number of benzene rings is 3. The third kappa shape index (κ3) is 4.63. The maximum Gasteiger partial charge on any atom is 0.262 e. The number of sulfonamides is 1. The number of anilines is 1. The van der Waals surface area contributed by atoms with E-state index in [1.807, 2.05) is 42.5 Å². The summed E-state index contributed by atoms with van der Waals surface area (Å²) in [6, 6.07) is 19.9. The number of amides is 1. The highest BCUT2D eigenvalue weighted by molar-refractivity contribution is 7.89. The molecular formula is C23H24N2O4S. The molecule has 0 spiro atoms. The number of fused-ring (bicyclic) bond motifs is 1. The van der Waals surface area contributed by atoms with E-state index < -0.39 is 10.0 Å². The van der Waals surface area contributed by atoms with E-state index in [4.69, 9.17) is 4.74 Å². The molecule has 0 atom stereocenters. The third-order valence-electron chi connectivity index (χ3n) is 5.18. The van der Waals surface area contributed by atoms with Crippen molar-refractivity contribution in [3.63, 3.8) is 0 Å². The van der Waals surface area contributed by atoms with Crippen LogP contribution in [0.2, 0.25) is 0 Å². The molecule has 6 nitrogen and oxygen atoms in total. The van der Waals surface area contributed by atoms with Crippen molar-refractivity contribution in [3.8, 4) is 5.75 Å². The van der Waals surface area contributed by atoms with E-state index in [9.17, 15) is 13.2 Å². The number of rotatable bonds is 6. The molecule has 3 aromatic rings. The van der Waals surface area contributed by atoms with E-state index in [1.165, 1.54) is 16.4 Å². The average molecular weight is 425 g/mol. The van der Waals surface area contributed by atoms with Gasteiger partial charge in [0.15, 0.2) is 6.61 Å². The molecule has 1 aliphatic heterocycles. The van der Waals surface area contributed by atoms with Crippen molar-refractivity contribution < 1.29 is 17.9 Å².